The van der Waals surface area contributed by atoms with Gasteiger partial charge in [0, 0.05) is 50.3 Å². The van der Waals surface area contributed by atoms with E-state index in [1.165, 1.54) is 63.3 Å². The van der Waals surface area contributed by atoms with Crippen molar-refractivity contribution >= 4 is 5.97 Å². The fourth-order valence-corrected chi connectivity index (χ4v) is 3.92. The number of carboxylic acid groups (broad SMARTS) is 1. The van der Waals surface area contributed by atoms with Gasteiger partial charge in [-0.15, -0.1) is 12.1 Å². The summed E-state index contributed by atoms with van der Waals surface area (Å²) in [6.45, 7) is 7.59. The maximum atomic E-state index is 14.9. The van der Waals surface area contributed by atoms with Gasteiger partial charge in [0.05, 0.1) is 5.82 Å². The fraction of sp³-hybridized carbons (Fsp3) is 0.467. The Morgan fingerprint density at radius 2 is 1.55 bits per heavy atom. The van der Waals surface area contributed by atoms with E-state index in [0.29, 0.717) is 0 Å². The minimum absolute atomic E-state index is 0. The minimum Gasteiger partial charge on any atom is -0.477 e. The van der Waals surface area contributed by atoms with E-state index in [1.54, 1.807) is 45.3 Å². The zero-order chi connectivity index (χ0) is 27.3. The number of carbonyl (C=O) groups is 1. The van der Waals surface area contributed by atoms with Gasteiger partial charge in [-0.25, -0.2) is 9.78 Å². The molecule has 0 bridgehead atoms. The predicted molar refractivity (Wildman–Crippen MR) is 142 cm³/mol. The number of halogens is 2. The average Bonchev–Trinajstić information content (AvgIpc) is 2.86. The van der Waals surface area contributed by atoms with Crippen LogP contribution in [0, 0.1) is 17.7 Å². The number of pyridine rings is 1. The van der Waals surface area contributed by atoms with Crippen LogP contribution in [0.4, 0.5) is 8.78 Å². The Kier molecular flexibility index (Phi) is 15.1. The third kappa shape index (κ3) is 11.0. The Labute approximate surface area is 238 Å². The third-order valence-electron chi connectivity index (χ3n) is 5.90. The summed E-state index contributed by atoms with van der Waals surface area (Å²) in [6, 6.07) is 8.59. The molecule has 3 aromatic rings. The van der Waals surface area contributed by atoms with Crippen molar-refractivity contribution in [2.45, 2.75) is 90.9 Å². The number of carboxylic acids is 1. The van der Waals surface area contributed by atoms with Gasteiger partial charge in [0.1, 0.15) is 5.69 Å². The van der Waals surface area contributed by atoms with E-state index in [-0.39, 0.29) is 42.8 Å². The van der Waals surface area contributed by atoms with Crippen LogP contribution in [0.2, 0.25) is 0 Å². The number of aromatic nitrogens is 3. The summed E-state index contributed by atoms with van der Waals surface area (Å²) >= 11 is 0. The molecule has 5 nitrogen and oxygen atoms in total. The van der Waals surface area contributed by atoms with E-state index >= 15 is 0 Å². The molecule has 0 spiro atoms. The molecule has 0 aliphatic heterocycles. The molecule has 0 fully saturated rings. The number of rotatable bonds is 11. The van der Waals surface area contributed by atoms with Gasteiger partial charge in [-0.3, -0.25) is 18.7 Å². The standard InChI is InChI=1S/C24H33F2N2.C6H5NO2.Ir/c1-5-6-7-8-9-10-11-12-13-18-16-27-23(28-17-18)19-14-15-20(25)21(22(19)26)24(2,3)4;8-6(9)5-3-1-2-4-7-5;/h15-17H,5-13H2,1-4H3;1-4H,(H,8,9);/q-1;;. The average molecular weight is 703 g/mol. The molecule has 0 atom stereocenters. The molecule has 0 saturated heterocycles. The molecule has 38 heavy (non-hydrogen) atoms. The number of aromatic carboxylic acids is 1. The van der Waals surface area contributed by atoms with Crippen molar-refractivity contribution in [2.24, 2.45) is 0 Å². The molecule has 209 valence electrons. The SMILES string of the molecule is CCCCCCCCCCc1cnc(-c2[c-]cc(F)c(C(C)(C)C)c2F)nc1.O=C(O)c1ccccn1.[Ir]. The number of hydrogen-bond acceptors (Lipinski definition) is 4. The molecule has 3 rings (SSSR count). The molecule has 8 heteroatoms. The Morgan fingerprint density at radius 1 is 0.947 bits per heavy atom. The van der Waals surface area contributed by atoms with E-state index in [1.807, 2.05) is 0 Å². The molecule has 1 N–H and O–H groups in total. The molecule has 1 radical (unpaired) electrons. The van der Waals surface area contributed by atoms with Crippen LogP contribution in [-0.4, -0.2) is 26.0 Å². The van der Waals surface area contributed by atoms with Crippen LogP contribution < -0.4 is 0 Å². The first kappa shape index (κ1) is 33.5. The van der Waals surface area contributed by atoms with Crippen molar-refractivity contribution in [3.05, 3.63) is 77.4 Å². The smallest absolute Gasteiger partial charge is 0.354 e. The van der Waals surface area contributed by atoms with Crippen molar-refractivity contribution in [1.29, 1.82) is 0 Å². The van der Waals surface area contributed by atoms with Crippen molar-refractivity contribution < 1.29 is 38.8 Å². The summed E-state index contributed by atoms with van der Waals surface area (Å²) in [7, 11) is 0. The van der Waals surface area contributed by atoms with Gasteiger partial charge in [-0.2, -0.15) is 0 Å². The monoisotopic (exact) mass is 703 g/mol. The van der Waals surface area contributed by atoms with Crippen molar-refractivity contribution in [1.82, 2.24) is 15.0 Å². The minimum atomic E-state index is -0.990. The van der Waals surface area contributed by atoms with Crippen LogP contribution >= 0.6 is 0 Å². The Hall–Kier alpha value is -2.57. The second-order valence-electron chi connectivity index (χ2n) is 10.1. The van der Waals surface area contributed by atoms with Crippen LogP contribution in [0.1, 0.15) is 101 Å². The van der Waals surface area contributed by atoms with Gasteiger partial charge in [0.2, 0.25) is 0 Å². The van der Waals surface area contributed by atoms with Gasteiger partial charge in [-0.05, 0) is 36.0 Å². The molecule has 0 saturated carbocycles. The van der Waals surface area contributed by atoms with Crippen LogP contribution in [0.5, 0.6) is 0 Å². The van der Waals surface area contributed by atoms with E-state index in [2.05, 4.69) is 27.9 Å². The van der Waals surface area contributed by atoms with Crippen molar-refractivity contribution in [3.63, 3.8) is 0 Å². The van der Waals surface area contributed by atoms with E-state index in [4.69, 9.17) is 5.11 Å². The van der Waals surface area contributed by atoms with Gasteiger partial charge in [0.25, 0.3) is 0 Å². The summed E-state index contributed by atoms with van der Waals surface area (Å²) in [6.07, 6.45) is 16.1. The van der Waals surface area contributed by atoms with Gasteiger partial charge < -0.3 is 5.11 Å². The number of nitrogens with zero attached hydrogens (tertiary/aromatic N) is 3. The predicted octanol–water partition coefficient (Wildman–Crippen LogP) is 7.98. The summed E-state index contributed by atoms with van der Waals surface area (Å²) in [4.78, 5) is 22.3. The Balaban J connectivity index is 0.000000610. The first-order valence-electron chi connectivity index (χ1n) is 13.0. The van der Waals surface area contributed by atoms with Crippen LogP contribution in [0.3, 0.4) is 0 Å². The molecule has 0 aliphatic carbocycles. The second kappa shape index (κ2) is 17.1. The number of hydrogen-bond donors (Lipinski definition) is 1. The van der Waals surface area contributed by atoms with Gasteiger partial charge in [0.15, 0.2) is 0 Å². The summed E-state index contributed by atoms with van der Waals surface area (Å²) < 4.78 is 28.9. The van der Waals surface area contributed by atoms with Crippen molar-refractivity contribution in [2.75, 3.05) is 0 Å². The number of unbranched alkanes of at least 4 members (excludes halogenated alkanes) is 7. The fourth-order valence-electron chi connectivity index (χ4n) is 3.92. The molecule has 2 heterocycles. The van der Waals surface area contributed by atoms with E-state index < -0.39 is 23.0 Å². The van der Waals surface area contributed by atoms with E-state index in [0.717, 1.165) is 18.4 Å². The molecule has 2 aromatic heterocycles. The first-order chi connectivity index (χ1) is 17.6. The molecule has 0 unspecified atom stereocenters. The summed E-state index contributed by atoms with van der Waals surface area (Å²) in [5.74, 6) is -1.94. The quantitative estimate of drug-likeness (QED) is 0.162. The molecular weight excluding hydrogens is 665 g/mol. The zero-order valence-electron chi connectivity index (χ0n) is 22.7. The summed E-state index contributed by atoms with van der Waals surface area (Å²) in [5.41, 5.74) is 0.665. The summed E-state index contributed by atoms with van der Waals surface area (Å²) in [5, 5.41) is 8.32. The Bertz CT molecular complexity index is 1100. The molecular formula is C30H38F2IrN3O2-. The van der Waals surface area contributed by atoms with E-state index in [9.17, 15) is 13.6 Å². The van der Waals surface area contributed by atoms with Crippen LogP contribution in [0.15, 0.2) is 42.9 Å². The van der Waals surface area contributed by atoms with Crippen LogP contribution in [-0.2, 0) is 31.9 Å². The number of aryl methyl sites for hydroxylation is 1. The topological polar surface area (TPSA) is 76.0 Å². The largest absolute Gasteiger partial charge is 0.477 e. The van der Waals surface area contributed by atoms with Gasteiger partial charge in [-0.1, -0.05) is 89.8 Å². The first-order valence-corrected chi connectivity index (χ1v) is 13.0. The molecule has 0 amide bonds. The second-order valence-corrected chi connectivity index (χ2v) is 10.1. The zero-order valence-corrected chi connectivity index (χ0v) is 25.1. The molecule has 0 aliphatic rings. The number of benzene rings is 1. The van der Waals surface area contributed by atoms with Gasteiger partial charge >= 0.3 is 5.97 Å². The maximum Gasteiger partial charge on any atom is 0.354 e. The van der Waals surface area contributed by atoms with Crippen LogP contribution in [0.25, 0.3) is 11.4 Å². The Morgan fingerprint density at radius 3 is 2.05 bits per heavy atom. The maximum absolute atomic E-state index is 14.9. The normalized spacial score (nSPS) is 10.8. The molecule has 1 aromatic carbocycles. The van der Waals surface area contributed by atoms with Crippen molar-refractivity contribution in [3.8, 4) is 11.4 Å². The third-order valence-corrected chi connectivity index (χ3v) is 5.90.